The Hall–Kier alpha value is -2.88. The number of nitrogens with one attached hydrogen (secondary N) is 2. The first kappa shape index (κ1) is 13.1. The van der Waals surface area contributed by atoms with Gasteiger partial charge in [0.05, 0.1) is 6.54 Å². The standard InChI is InChI=1S/C17H15N3O/c21-17(20-12-16-18-9-10-19-16)15-8-4-7-14(11-15)13-5-2-1-3-6-13/h1-11H,12H2,(H,18,19)(H,20,21). The molecule has 0 fully saturated rings. The molecule has 0 radical (unpaired) electrons. The molecule has 2 N–H and O–H groups in total. The van der Waals surface area contributed by atoms with Crippen LogP contribution in [0.5, 0.6) is 0 Å². The summed E-state index contributed by atoms with van der Waals surface area (Å²) >= 11 is 0. The molecule has 3 rings (SSSR count). The van der Waals surface area contributed by atoms with E-state index in [1.54, 1.807) is 12.4 Å². The Balaban J connectivity index is 1.75. The molecule has 0 aliphatic rings. The SMILES string of the molecule is O=C(NCc1ncc[nH]1)c1cccc(-c2ccccc2)c1. The Morgan fingerprint density at radius 2 is 1.86 bits per heavy atom. The molecule has 0 aliphatic carbocycles. The first-order chi connectivity index (χ1) is 10.3. The summed E-state index contributed by atoms with van der Waals surface area (Å²) in [6.45, 7) is 0.390. The van der Waals surface area contributed by atoms with E-state index < -0.39 is 0 Å². The van der Waals surface area contributed by atoms with Gasteiger partial charge in [-0.05, 0) is 23.3 Å². The van der Waals surface area contributed by atoms with E-state index in [-0.39, 0.29) is 5.91 Å². The van der Waals surface area contributed by atoms with Gasteiger partial charge in [-0.15, -0.1) is 0 Å². The largest absolute Gasteiger partial charge is 0.347 e. The summed E-state index contributed by atoms with van der Waals surface area (Å²) in [4.78, 5) is 19.2. The number of hydrogen-bond acceptors (Lipinski definition) is 2. The van der Waals surface area contributed by atoms with Gasteiger partial charge >= 0.3 is 0 Å². The number of benzene rings is 2. The van der Waals surface area contributed by atoms with Crippen LogP contribution in [0.25, 0.3) is 11.1 Å². The van der Waals surface area contributed by atoms with Gasteiger partial charge in [0, 0.05) is 18.0 Å². The highest BCUT2D eigenvalue weighted by molar-refractivity contribution is 5.95. The lowest BCUT2D eigenvalue weighted by molar-refractivity contribution is 0.0950. The fraction of sp³-hybridized carbons (Fsp3) is 0.0588. The Morgan fingerprint density at radius 3 is 2.62 bits per heavy atom. The maximum atomic E-state index is 12.2. The van der Waals surface area contributed by atoms with Crippen molar-refractivity contribution in [2.24, 2.45) is 0 Å². The number of amides is 1. The topological polar surface area (TPSA) is 57.8 Å². The average Bonchev–Trinajstić information content (AvgIpc) is 3.07. The minimum Gasteiger partial charge on any atom is -0.347 e. The van der Waals surface area contributed by atoms with Gasteiger partial charge in [-0.3, -0.25) is 4.79 Å². The molecular weight excluding hydrogens is 262 g/mol. The van der Waals surface area contributed by atoms with Crippen molar-refractivity contribution in [2.45, 2.75) is 6.54 Å². The highest BCUT2D eigenvalue weighted by atomic mass is 16.1. The smallest absolute Gasteiger partial charge is 0.251 e. The molecule has 0 saturated heterocycles. The quantitative estimate of drug-likeness (QED) is 0.770. The molecule has 1 aromatic heterocycles. The van der Waals surface area contributed by atoms with Crippen LogP contribution in [0.3, 0.4) is 0 Å². The predicted molar refractivity (Wildman–Crippen MR) is 81.6 cm³/mol. The van der Waals surface area contributed by atoms with Crippen LogP contribution >= 0.6 is 0 Å². The molecule has 1 amide bonds. The van der Waals surface area contributed by atoms with Crippen LogP contribution in [0.2, 0.25) is 0 Å². The second-order valence-electron chi connectivity index (χ2n) is 4.67. The number of hydrogen-bond donors (Lipinski definition) is 2. The van der Waals surface area contributed by atoms with Gasteiger partial charge in [-0.25, -0.2) is 4.98 Å². The fourth-order valence-corrected chi connectivity index (χ4v) is 2.13. The Morgan fingerprint density at radius 1 is 1.05 bits per heavy atom. The maximum Gasteiger partial charge on any atom is 0.251 e. The van der Waals surface area contributed by atoms with Gasteiger partial charge in [0.25, 0.3) is 5.91 Å². The number of carbonyl (C=O) groups excluding carboxylic acids is 1. The Bertz CT molecular complexity index is 721. The molecule has 0 spiro atoms. The van der Waals surface area contributed by atoms with Gasteiger partial charge in [-0.1, -0.05) is 42.5 Å². The highest BCUT2D eigenvalue weighted by Gasteiger charge is 2.07. The fourth-order valence-electron chi connectivity index (χ4n) is 2.13. The first-order valence-corrected chi connectivity index (χ1v) is 6.75. The van der Waals surface area contributed by atoms with Crippen LogP contribution in [0.1, 0.15) is 16.2 Å². The molecule has 104 valence electrons. The van der Waals surface area contributed by atoms with E-state index in [2.05, 4.69) is 15.3 Å². The summed E-state index contributed by atoms with van der Waals surface area (Å²) in [6.07, 6.45) is 3.40. The minimum atomic E-state index is -0.107. The maximum absolute atomic E-state index is 12.2. The molecule has 0 bridgehead atoms. The van der Waals surface area contributed by atoms with Crippen LogP contribution in [-0.2, 0) is 6.54 Å². The number of imidazole rings is 1. The molecule has 2 aromatic carbocycles. The minimum absolute atomic E-state index is 0.107. The third-order valence-electron chi connectivity index (χ3n) is 3.20. The summed E-state index contributed by atoms with van der Waals surface area (Å²) in [7, 11) is 0. The van der Waals surface area contributed by atoms with Crippen LogP contribution in [0.15, 0.2) is 67.0 Å². The van der Waals surface area contributed by atoms with Crippen molar-refractivity contribution in [1.29, 1.82) is 0 Å². The van der Waals surface area contributed by atoms with E-state index >= 15 is 0 Å². The third-order valence-corrected chi connectivity index (χ3v) is 3.20. The van der Waals surface area contributed by atoms with Gasteiger partial charge in [0.15, 0.2) is 0 Å². The van der Waals surface area contributed by atoms with Crippen LogP contribution in [0.4, 0.5) is 0 Å². The summed E-state index contributed by atoms with van der Waals surface area (Å²) in [5.41, 5.74) is 2.77. The second-order valence-corrected chi connectivity index (χ2v) is 4.67. The molecule has 21 heavy (non-hydrogen) atoms. The van der Waals surface area contributed by atoms with Gasteiger partial charge in [-0.2, -0.15) is 0 Å². The normalized spacial score (nSPS) is 10.3. The van der Waals surface area contributed by atoms with Gasteiger partial charge in [0.2, 0.25) is 0 Å². The third kappa shape index (κ3) is 3.17. The lowest BCUT2D eigenvalue weighted by Crippen LogP contribution is -2.23. The van der Waals surface area contributed by atoms with Gasteiger partial charge in [0.1, 0.15) is 5.82 Å². The predicted octanol–water partition coefficient (Wildman–Crippen LogP) is 3.01. The molecule has 4 heteroatoms. The van der Waals surface area contributed by atoms with Crippen molar-refractivity contribution in [2.75, 3.05) is 0 Å². The second kappa shape index (κ2) is 6.05. The molecule has 3 aromatic rings. The zero-order chi connectivity index (χ0) is 14.5. The number of H-pyrrole nitrogens is 1. The molecule has 1 heterocycles. The van der Waals surface area contributed by atoms with Gasteiger partial charge < -0.3 is 10.3 Å². The van der Waals surface area contributed by atoms with Crippen LogP contribution in [0, 0.1) is 0 Å². The Labute approximate surface area is 122 Å². The zero-order valence-electron chi connectivity index (χ0n) is 11.4. The summed E-state index contributed by atoms with van der Waals surface area (Å²) in [5, 5.41) is 2.85. The first-order valence-electron chi connectivity index (χ1n) is 6.75. The highest BCUT2D eigenvalue weighted by Crippen LogP contribution is 2.19. The summed E-state index contributed by atoms with van der Waals surface area (Å²) in [5.74, 6) is 0.631. The molecular formula is C17H15N3O. The van der Waals surface area contributed by atoms with E-state index in [4.69, 9.17) is 0 Å². The molecule has 0 unspecified atom stereocenters. The van der Waals surface area contributed by atoms with Crippen molar-refractivity contribution in [1.82, 2.24) is 15.3 Å². The number of rotatable bonds is 4. The van der Waals surface area contributed by atoms with E-state index in [0.29, 0.717) is 12.1 Å². The lowest BCUT2D eigenvalue weighted by Gasteiger charge is -2.06. The average molecular weight is 277 g/mol. The van der Waals surface area contributed by atoms with Crippen molar-refractivity contribution >= 4 is 5.91 Å². The van der Waals surface area contributed by atoms with Crippen LogP contribution in [-0.4, -0.2) is 15.9 Å². The van der Waals surface area contributed by atoms with Crippen LogP contribution < -0.4 is 5.32 Å². The van der Waals surface area contributed by atoms with E-state index in [0.717, 1.165) is 17.0 Å². The zero-order valence-corrected chi connectivity index (χ0v) is 11.4. The Kier molecular flexibility index (Phi) is 3.78. The monoisotopic (exact) mass is 277 g/mol. The number of aromatic nitrogens is 2. The molecule has 0 saturated carbocycles. The molecule has 0 atom stereocenters. The molecule has 4 nitrogen and oxygen atoms in total. The van der Waals surface area contributed by atoms with Crippen molar-refractivity contribution in [3.8, 4) is 11.1 Å². The number of aromatic amines is 1. The van der Waals surface area contributed by atoms with E-state index in [9.17, 15) is 4.79 Å². The van der Waals surface area contributed by atoms with E-state index in [1.807, 2.05) is 54.6 Å². The number of carbonyl (C=O) groups is 1. The number of nitrogens with zero attached hydrogens (tertiary/aromatic N) is 1. The lowest BCUT2D eigenvalue weighted by atomic mass is 10.0. The summed E-state index contributed by atoms with van der Waals surface area (Å²) < 4.78 is 0. The van der Waals surface area contributed by atoms with Crippen molar-refractivity contribution < 1.29 is 4.79 Å². The summed E-state index contributed by atoms with van der Waals surface area (Å²) in [6, 6.07) is 17.6. The van der Waals surface area contributed by atoms with Crippen molar-refractivity contribution in [3.63, 3.8) is 0 Å². The van der Waals surface area contributed by atoms with Crippen molar-refractivity contribution in [3.05, 3.63) is 78.4 Å². The van der Waals surface area contributed by atoms with E-state index in [1.165, 1.54) is 0 Å². The molecule has 0 aliphatic heterocycles.